The molecule has 18 heavy (non-hydrogen) atoms. The number of carbonyl (C=O) groups excluding carboxylic acids is 1. The Morgan fingerprint density at radius 2 is 2.00 bits per heavy atom. The van der Waals surface area contributed by atoms with Crippen molar-refractivity contribution in [3.63, 3.8) is 0 Å². The van der Waals surface area contributed by atoms with Crippen LogP contribution in [0, 0.1) is 5.92 Å². The van der Waals surface area contributed by atoms with Crippen LogP contribution >= 0.6 is 15.9 Å². The van der Waals surface area contributed by atoms with Gasteiger partial charge in [0.2, 0.25) is 0 Å². The van der Waals surface area contributed by atoms with Gasteiger partial charge >= 0.3 is 6.03 Å². The highest BCUT2D eigenvalue weighted by Crippen LogP contribution is 2.25. The molecule has 1 saturated carbocycles. The van der Waals surface area contributed by atoms with Crippen molar-refractivity contribution in [3.05, 3.63) is 41.0 Å². The third-order valence-corrected chi connectivity index (χ3v) is 3.80. The van der Waals surface area contributed by atoms with Crippen LogP contribution in [0.25, 0.3) is 0 Å². The van der Waals surface area contributed by atoms with Crippen molar-refractivity contribution >= 4 is 27.6 Å². The van der Waals surface area contributed by atoms with Crippen molar-refractivity contribution in [1.29, 1.82) is 0 Å². The quantitative estimate of drug-likeness (QED) is 0.860. The predicted molar refractivity (Wildman–Crippen MR) is 77.4 cm³/mol. The van der Waals surface area contributed by atoms with Crippen LogP contribution in [-0.2, 0) is 0 Å². The number of amides is 2. The Morgan fingerprint density at radius 3 is 2.72 bits per heavy atom. The second-order valence-electron chi connectivity index (χ2n) is 4.48. The highest BCUT2D eigenvalue weighted by Gasteiger charge is 2.11. The van der Waals surface area contributed by atoms with E-state index in [0.29, 0.717) is 5.92 Å². The largest absolute Gasteiger partial charge is 0.323 e. The van der Waals surface area contributed by atoms with Crippen LogP contribution in [0.4, 0.5) is 10.5 Å². The number of para-hydroxylation sites is 1. The van der Waals surface area contributed by atoms with E-state index in [1.54, 1.807) is 6.20 Å². The molecule has 0 bridgehead atoms. The van der Waals surface area contributed by atoms with Crippen molar-refractivity contribution in [2.75, 3.05) is 5.32 Å². The zero-order valence-electron chi connectivity index (χ0n) is 10.2. The molecular formula is C14H17BrN2O. The van der Waals surface area contributed by atoms with Gasteiger partial charge in [-0.25, -0.2) is 4.79 Å². The maximum absolute atomic E-state index is 11.6. The minimum absolute atomic E-state index is 0.212. The second kappa shape index (κ2) is 6.59. The Kier molecular flexibility index (Phi) is 4.81. The van der Waals surface area contributed by atoms with Crippen molar-refractivity contribution in [2.24, 2.45) is 5.92 Å². The van der Waals surface area contributed by atoms with E-state index in [-0.39, 0.29) is 6.03 Å². The Morgan fingerprint density at radius 1 is 1.28 bits per heavy atom. The van der Waals surface area contributed by atoms with Gasteiger partial charge in [0.05, 0.1) is 5.69 Å². The number of allylic oxidation sites excluding steroid dienone is 1. The van der Waals surface area contributed by atoms with Gasteiger partial charge in [0.1, 0.15) is 0 Å². The number of benzene rings is 1. The molecule has 96 valence electrons. The number of rotatable bonds is 3. The fraction of sp³-hybridized carbons (Fsp3) is 0.357. The first-order chi connectivity index (χ1) is 8.75. The molecule has 2 N–H and O–H groups in total. The molecule has 1 aliphatic rings. The molecule has 0 radical (unpaired) electrons. The van der Waals surface area contributed by atoms with Crippen molar-refractivity contribution in [3.8, 4) is 0 Å². The minimum atomic E-state index is -0.212. The summed E-state index contributed by atoms with van der Waals surface area (Å²) in [6.07, 6.45) is 8.93. The van der Waals surface area contributed by atoms with Gasteiger partial charge in [0.25, 0.3) is 0 Å². The smallest absolute Gasteiger partial charge is 0.315 e. The first kappa shape index (κ1) is 13.1. The number of carbonyl (C=O) groups is 1. The molecule has 0 unspecified atom stereocenters. The summed E-state index contributed by atoms with van der Waals surface area (Å²) in [7, 11) is 0. The Bertz CT molecular complexity index is 439. The second-order valence-corrected chi connectivity index (χ2v) is 5.34. The van der Waals surface area contributed by atoms with Crippen LogP contribution in [0.2, 0.25) is 0 Å². The summed E-state index contributed by atoms with van der Waals surface area (Å²) in [5, 5.41) is 5.52. The lowest BCUT2D eigenvalue weighted by atomic mass is 10.1. The molecule has 0 saturated heterocycles. The molecule has 1 aromatic rings. The maximum atomic E-state index is 11.6. The maximum Gasteiger partial charge on any atom is 0.323 e. The lowest BCUT2D eigenvalue weighted by molar-refractivity contribution is 0.255. The summed E-state index contributed by atoms with van der Waals surface area (Å²) in [5.41, 5.74) is 0.768. The molecule has 0 atom stereocenters. The van der Waals surface area contributed by atoms with Crippen LogP contribution in [0.3, 0.4) is 0 Å². The van der Waals surface area contributed by atoms with E-state index in [4.69, 9.17) is 0 Å². The number of hydrogen-bond donors (Lipinski definition) is 2. The van der Waals surface area contributed by atoms with E-state index in [1.807, 2.05) is 24.3 Å². The highest BCUT2D eigenvalue weighted by atomic mass is 79.9. The summed E-state index contributed by atoms with van der Waals surface area (Å²) in [5.74, 6) is 0.633. The molecule has 1 fully saturated rings. The van der Waals surface area contributed by atoms with Gasteiger partial charge in [-0.1, -0.05) is 31.1 Å². The first-order valence-corrected chi connectivity index (χ1v) is 7.04. The lowest BCUT2D eigenvalue weighted by Crippen LogP contribution is -2.24. The van der Waals surface area contributed by atoms with Crippen LogP contribution in [0.5, 0.6) is 0 Å². The lowest BCUT2D eigenvalue weighted by Gasteiger charge is -2.07. The van der Waals surface area contributed by atoms with Crippen LogP contribution < -0.4 is 10.6 Å². The van der Waals surface area contributed by atoms with Gasteiger partial charge in [-0.15, -0.1) is 0 Å². The van der Waals surface area contributed by atoms with Crippen LogP contribution in [0.1, 0.15) is 25.7 Å². The summed E-state index contributed by atoms with van der Waals surface area (Å²) in [6, 6.07) is 7.33. The first-order valence-electron chi connectivity index (χ1n) is 6.24. The normalized spacial score (nSPS) is 16.1. The molecular weight excluding hydrogens is 292 g/mol. The van der Waals surface area contributed by atoms with Gasteiger partial charge in [-0.2, -0.15) is 0 Å². The summed E-state index contributed by atoms with van der Waals surface area (Å²) >= 11 is 3.39. The Balaban J connectivity index is 1.80. The average Bonchev–Trinajstić information content (AvgIpc) is 2.85. The van der Waals surface area contributed by atoms with E-state index in [9.17, 15) is 4.79 Å². The van der Waals surface area contributed by atoms with E-state index >= 15 is 0 Å². The fourth-order valence-corrected chi connectivity index (χ4v) is 2.51. The zero-order chi connectivity index (χ0) is 12.8. The molecule has 2 amide bonds. The summed E-state index contributed by atoms with van der Waals surface area (Å²) in [6.45, 7) is 0. The SMILES string of the molecule is O=C(N/C=C/C1CCCC1)Nc1ccccc1Br. The minimum Gasteiger partial charge on any atom is -0.315 e. The topological polar surface area (TPSA) is 41.1 Å². The van der Waals surface area contributed by atoms with E-state index in [2.05, 4.69) is 32.6 Å². The van der Waals surface area contributed by atoms with Gasteiger partial charge in [0.15, 0.2) is 0 Å². The Labute approximate surface area is 116 Å². The van der Waals surface area contributed by atoms with Gasteiger partial charge in [-0.05, 0) is 46.8 Å². The van der Waals surface area contributed by atoms with E-state index in [1.165, 1.54) is 25.7 Å². The number of halogens is 1. The summed E-state index contributed by atoms with van der Waals surface area (Å²) in [4.78, 5) is 11.6. The van der Waals surface area contributed by atoms with Crippen LogP contribution in [-0.4, -0.2) is 6.03 Å². The number of anilines is 1. The third kappa shape index (κ3) is 3.88. The number of nitrogens with one attached hydrogen (secondary N) is 2. The molecule has 1 aliphatic carbocycles. The van der Waals surface area contributed by atoms with Gasteiger partial charge in [0, 0.05) is 10.7 Å². The third-order valence-electron chi connectivity index (χ3n) is 3.10. The van der Waals surface area contributed by atoms with E-state index in [0.717, 1.165) is 10.2 Å². The molecule has 2 rings (SSSR count). The average molecular weight is 309 g/mol. The molecule has 4 heteroatoms. The standard InChI is InChI=1S/C14H17BrN2O/c15-12-7-3-4-8-13(12)17-14(18)16-10-9-11-5-1-2-6-11/h3-4,7-11H,1-2,5-6H2,(H2,16,17,18)/b10-9+. The zero-order valence-corrected chi connectivity index (χ0v) is 11.7. The van der Waals surface area contributed by atoms with Gasteiger partial charge < -0.3 is 10.6 Å². The van der Waals surface area contributed by atoms with Gasteiger partial charge in [-0.3, -0.25) is 0 Å². The number of hydrogen-bond acceptors (Lipinski definition) is 1. The highest BCUT2D eigenvalue weighted by molar-refractivity contribution is 9.10. The monoisotopic (exact) mass is 308 g/mol. The van der Waals surface area contributed by atoms with E-state index < -0.39 is 0 Å². The predicted octanol–water partition coefficient (Wildman–Crippen LogP) is 4.27. The molecule has 0 heterocycles. The Hall–Kier alpha value is -1.29. The molecule has 3 nitrogen and oxygen atoms in total. The molecule has 0 aromatic heterocycles. The van der Waals surface area contributed by atoms with Crippen LogP contribution in [0.15, 0.2) is 41.0 Å². The molecule has 0 spiro atoms. The fourth-order valence-electron chi connectivity index (χ4n) is 2.13. The molecule has 1 aromatic carbocycles. The van der Waals surface area contributed by atoms with Crippen molar-refractivity contribution < 1.29 is 4.79 Å². The molecule has 0 aliphatic heterocycles. The number of urea groups is 1. The van der Waals surface area contributed by atoms with Crippen molar-refractivity contribution in [1.82, 2.24) is 5.32 Å². The van der Waals surface area contributed by atoms with Crippen molar-refractivity contribution in [2.45, 2.75) is 25.7 Å². The summed E-state index contributed by atoms with van der Waals surface area (Å²) < 4.78 is 0.875.